The number of Topliss-reactive ketones (excluding diaryl/α,β-unsaturated/α-hetero) is 1. The summed E-state index contributed by atoms with van der Waals surface area (Å²) < 4.78 is 13.8. The quantitative estimate of drug-likeness (QED) is 0.725. The van der Waals surface area contributed by atoms with Gasteiger partial charge in [-0.15, -0.1) is 0 Å². The average molecular weight is 297 g/mol. The molecule has 0 atom stereocenters. The zero-order chi connectivity index (χ0) is 12.3. The third kappa shape index (κ3) is 3.03. The maximum absolute atomic E-state index is 13.2. The lowest BCUT2D eigenvalue weighted by Crippen LogP contribution is -2.05. The fourth-order valence-corrected chi connectivity index (χ4v) is 2.49. The van der Waals surface area contributed by atoms with Crippen LogP contribution in [0.25, 0.3) is 0 Å². The number of carbonyl (C=O) groups excluding carboxylic acids is 1. The highest BCUT2D eigenvalue weighted by Crippen LogP contribution is 2.25. The molecule has 0 unspecified atom stereocenters. The summed E-state index contributed by atoms with van der Waals surface area (Å²) in [6.07, 6.45) is 7.12. The molecule has 0 fully saturated rings. The Kier molecular flexibility index (Phi) is 4.11. The van der Waals surface area contributed by atoms with Crippen LogP contribution in [0.1, 0.15) is 42.5 Å². The summed E-state index contributed by atoms with van der Waals surface area (Å²) in [6, 6.07) is 4.24. The van der Waals surface area contributed by atoms with E-state index in [-0.39, 0.29) is 11.6 Å². The molecule has 1 aliphatic carbocycles. The molecule has 0 saturated carbocycles. The van der Waals surface area contributed by atoms with Gasteiger partial charge in [-0.05, 0) is 49.5 Å². The van der Waals surface area contributed by atoms with Crippen LogP contribution in [-0.4, -0.2) is 5.78 Å². The molecule has 0 radical (unpaired) electrons. The molecule has 1 nitrogen and oxygen atoms in total. The first-order chi connectivity index (χ1) is 8.18. The molecule has 1 aromatic carbocycles. The zero-order valence-electron chi connectivity index (χ0n) is 9.51. The largest absolute Gasteiger partial charge is 0.289 e. The SMILES string of the molecule is O=C(C1=CCCCCC1)c1cc(F)ccc1Br. The van der Waals surface area contributed by atoms with Gasteiger partial charge in [0.2, 0.25) is 0 Å². The number of hydrogen-bond donors (Lipinski definition) is 0. The number of halogens is 2. The molecule has 3 heteroatoms. The lowest BCUT2D eigenvalue weighted by Gasteiger charge is -2.06. The van der Waals surface area contributed by atoms with Gasteiger partial charge in [0.05, 0.1) is 0 Å². The van der Waals surface area contributed by atoms with Gasteiger partial charge < -0.3 is 0 Å². The third-order valence-electron chi connectivity index (χ3n) is 3.01. The fraction of sp³-hybridized carbons (Fsp3) is 0.357. The molecule has 0 heterocycles. The minimum Gasteiger partial charge on any atom is -0.289 e. The van der Waals surface area contributed by atoms with Gasteiger partial charge in [0.15, 0.2) is 5.78 Å². The van der Waals surface area contributed by atoms with Crippen LogP contribution < -0.4 is 0 Å². The Labute approximate surface area is 109 Å². The van der Waals surface area contributed by atoms with Crippen LogP contribution in [0.4, 0.5) is 4.39 Å². The first kappa shape index (κ1) is 12.5. The maximum Gasteiger partial charge on any atom is 0.189 e. The molecule has 1 aromatic rings. The molecule has 0 spiro atoms. The van der Waals surface area contributed by atoms with Crippen molar-refractivity contribution in [3.63, 3.8) is 0 Å². The smallest absolute Gasteiger partial charge is 0.189 e. The minimum atomic E-state index is -0.370. The monoisotopic (exact) mass is 296 g/mol. The summed E-state index contributed by atoms with van der Waals surface area (Å²) in [4.78, 5) is 12.3. The Balaban J connectivity index is 2.29. The highest BCUT2D eigenvalue weighted by atomic mass is 79.9. The van der Waals surface area contributed by atoms with Crippen molar-refractivity contribution >= 4 is 21.7 Å². The van der Waals surface area contributed by atoms with E-state index in [1.165, 1.54) is 12.1 Å². The highest BCUT2D eigenvalue weighted by Gasteiger charge is 2.16. The van der Waals surface area contributed by atoms with E-state index in [4.69, 9.17) is 0 Å². The van der Waals surface area contributed by atoms with Crippen molar-refractivity contribution in [3.05, 3.63) is 45.7 Å². The summed E-state index contributed by atoms with van der Waals surface area (Å²) in [6.45, 7) is 0. The van der Waals surface area contributed by atoms with Crippen LogP contribution in [-0.2, 0) is 0 Å². The fourth-order valence-electron chi connectivity index (χ4n) is 2.07. The minimum absolute atomic E-state index is 0.0433. The van der Waals surface area contributed by atoms with E-state index in [2.05, 4.69) is 15.9 Å². The molecule has 0 saturated heterocycles. The molecule has 1 aliphatic rings. The average Bonchev–Trinajstić information content (AvgIpc) is 2.60. The van der Waals surface area contributed by atoms with Crippen LogP contribution in [0.5, 0.6) is 0 Å². The predicted molar refractivity (Wildman–Crippen MR) is 69.6 cm³/mol. The van der Waals surface area contributed by atoms with E-state index in [1.807, 2.05) is 6.08 Å². The molecular weight excluding hydrogens is 283 g/mol. The van der Waals surface area contributed by atoms with Crippen molar-refractivity contribution in [1.82, 2.24) is 0 Å². The molecule has 0 aliphatic heterocycles. The maximum atomic E-state index is 13.2. The van der Waals surface area contributed by atoms with Gasteiger partial charge in [-0.1, -0.05) is 28.4 Å². The summed E-state index contributed by atoms with van der Waals surface area (Å²) in [5.41, 5.74) is 1.26. The molecule has 90 valence electrons. The van der Waals surface area contributed by atoms with Gasteiger partial charge in [-0.3, -0.25) is 4.79 Å². The van der Waals surface area contributed by atoms with Gasteiger partial charge in [-0.25, -0.2) is 4.39 Å². The number of allylic oxidation sites excluding steroid dienone is 2. The van der Waals surface area contributed by atoms with Crippen LogP contribution in [0, 0.1) is 5.82 Å². The Morgan fingerprint density at radius 2 is 2.06 bits per heavy atom. The molecular formula is C14H14BrFO. The summed E-state index contributed by atoms with van der Waals surface area (Å²) in [7, 11) is 0. The molecule has 0 aromatic heterocycles. The van der Waals surface area contributed by atoms with E-state index < -0.39 is 0 Å². The number of ketones is 1. The second-order valence-electron chi connectivity index (χ2n) is 4.28. The topological polar surface area (TPSA) is 17.1 Å². The molecule has 0 N–H and O–H groups in total. The van der Waals surface area contributed by atoms with E-state index in [1.54, 1.807) is 6.07 Å². The van der Waals surface area contributed by atoms with Gasteiger partial charge >= 0.3 is 0 Å². The number of carbonyl (C=O) groups is 1. The highest BCUT2D eigenvalue weighted by molar-refractivity contribution is 9.10. The Morgan fingerprint density at radius 1 is 1.24 bits per heavy atom. The van der Waals surface area contributed by atoms with E-state index in [0.717, 1.165) is 37.7 Å². The van der Waals surface area contributed by atoms with Crippen molar-refractivity contribution < 1.29 is 9.18 Å². The van der Waals surface area contributed by atoms with Crippen molar-refractivity contribution in [2.75, 3.05) is 0 Å². The number of benzene rings is 1. The molecule has 2 rings (SSSR count). The van der Waals surface area contributed by atoms with E-state index in [0.29, 0.717) is 10.0 Å². The van der Waals surface area contributed by atoms with Crippen LogP contribution >= 0.6 is 15.9 Å². The van der Waals surface area contributed by atoms with Crippen molar-refractivity contribution in [2.24, 2.45) is 0 Å². The van der Waals surface area contributed by atoms with Crippen molar-refractivity contribution in [3.8, 4) is 0 Å². The van der Waals surface area contributed by atoms with Gasteiger partial charge in [0.25, 0.3) is 0 Å². The number of rotatable bonds is 2. The molecule has 0 amide bonds. The summed E-state index contributed by atoms with van der Waals surface area (Å²) >= 11 is 3.30. The first-order valence-corrected chi connectivity index (χ1v) is 6.66. The zero-order valence-corrected chi connectivity index (χ0v) is 11.1. The lowest BCUT2D eigenvalue weighted by atomic mass is 9.99. The number of hydrogen-bond acceptors (Lipinski definition) is 1. The molecule has 0 bridgehead atoms. The predicted octanol–water partition coefficient (Wildman–Crippen LogP) is 4.66. The van der Waals surface area contributed by atoms with Crippen molar-refractivity contribution in [1.29, 1.82) is 0 Å². The second-order valence-corrected chi connectivity index (χ2v) is 5.14. The lowest BCUT2D eigenvalue weighted by molar-refractivity contribution is 0.102. The summed E-state index contributed by atoms with van der Waals surface area (Å²) in [5.74, 6) is -0.413. The van der Waals surface area contributed by atoms with Gasteiger partial charge in [0.1, 0.15) is 5.82 Å². The normalized spacial score (nSPS) is 16.2. The van der Waals surface area contributed by atoms with Crippen LogP contribution in [0.2, 0.25) is 0 Å². The third-order valence-corrected chi connectivity index (χ3v) is 3.70. The Bertz CT molecular complexity index is 465. The van der Waals surface area contributed by atoms with Gasteiger partial charge in [0, 0.05) is 10.0 Å². The second kappa shape index (κ2) is 5.58. The Morgan fingerprint density at radius 3 is 2.88 bits per heavy atom. The van der Waals surface area contributed by atoms with Crippen LogP contribution in [0.3, 0.4) is 0 Å². The van der Waals surface area contributed by atoms with Crippen molar-refractivity contribution in [2.45, 2.75) is 32.1 Å². The van der Waals surface area contributed by atoms with Gasteiger partial charge in [-0.2, -0.15) is 0 Å². The van der Waals surface area contributed by atoms with Crippen LogP contribution in [0.15, 0.2) is 34.3 Å². The Hall–Kier alpha value is -0.960. The van der Waals surface area contributed by atoms with E-state index in [9.17, 15) is 9.18 Å². The first-order valence-electron chi connectivity index (χ1n) is 5.87. The summed E-state index contributed by atoms with van der Waals surface area (Å²) in [5, 5.41) is 0. The molecule has 17 heavy (non-hydrogen) atoms. The standard InChI is InChI=1S/C14H14BrFO/c15-13-8-7-11(16)9-12(13)14(17)10-5-3-1-2-4-6-10/h5,7-9H,1-4,6H2. The van der Waals surface area contributed by atoms with E-state index >= 15 is 0 Å².